The Kier molecular flexibility index (Phi) is 3.47. The molecular weight excluding hydrogens is 250 g/mol. The fourth-order valence-corrected chi connectivity index (χ4v) is 1.68. The quantitative estimate of drug-likeness (QED) is 0.897. The predicted molar refractivity (Wildman–Crippen MR) is 60.8 cm³/mol. The maximum Gasteiger partial charge on any atom is 0.322 e. The summed E-state index contributed by atoms with van der Waals surface area (Å²) in [5.74, 6) is 0.380. The van der Waals surface area contributed by atoms with Gasteiger partial charge in [0.2, 0.25) is 11.2 Å². The topological polar surface area (TPSA) is 72.8 Å². The predicted octanol–water partition coefficient (Wildman–Crippen LogP) is 1.60. The van der Waals surface area contributed by atoms with Crippen LogP contribution in [0.4, 0.5) is 5.95 Å². The molecule has 0 saturated carbocycles. The minimum absolute atomic E-state index is 0.0960. The van der Waals surface area contributed by atoms with Gasteiger partial charge in [0.15, 0.2) is 0 Å². The van der Waals surface area contributed by atoms with Crippen LogP contribution in [0.15, 0.2) is 11.7 Å². The third kappa shape index (κ3) is 2.77. The third-order valence-electron chi connectivity index (χ3n) is 1.67. The van der Waals surface area contributed by atoms with Gasteiger partial charge in [-0.2, -0.15) is 15.0 Å². The van der Waals surface area contributed by atoms with Crippen molar-refractivity contribution in [3.63, 3.8) is 0 Å². The summed E-state index contributed by atoms with van der Waals surface area (Å²) >= 11 is 7.24. The molecule has 0 aliphatic rings. The fourth-order valence-electron chi connectivity index (χ4n) is 0.998. The van der Waals surface area contributed by atoms with E-state index in [1.165, 1.54) is 7.11 Å². The number of ether oxygens (including phenoxy) is 1. The second-order valence-corrected chi connectivity index (χ2v) is 4.05. The molecule has 0 aliphatic heterocycles. The number of rotatable bonds is 4. The van der Waals surface area contributed by atoms with Crippen molar-refractivity contribution >= 4 is 28.9 Å². The molecule has 2 aromatic heterocycles. The van der Waals surface area contributed by atoms with Crippen molar-refractivity contribution in [1.29, 1.82) is 0 Å². The molecule has 0 spiro atoms. The molecule has 0 fully saturated rings. The lowest BCUT2D eigenvalue weighted by molar-refractivity contribution is 0.379. The molecule has 0 atom stereocenters. The Morgan fingerprint density at radius 2 is 2.31 bits per heavy atom. The first kappa shape index (κ1) is 11.0. The molecule has 16 heavy (non-hydrogen) atoms. The van der Waals surface area contributed by atoms with E-state index in [-0.39, 0.29) is 11.3 Å². The number of thiazole rings is 1. The molecule has 0 bridgehead atoms. The van der Waals surface area contributed by atoms with Gasteiger partial charge in [0.25, 0.3) is 0 Å². The lowest BCUT2D eigenvalue weighted by atomic mass is 10.5. The van der Waals surface area contributed by atoms with Crippen LogP contribution in [0.2, 0.25) is 5.28 Å². The summed E-state index contributed by atoms with van der Waals surface area (Å²) in [5, 5.41) is 3.10. The van der Waals surface area contributed by atoms with E-state index in [2.05, 4.69) is 25.3 Å². The minimum atomic E-state index is 0.0960. The Balaban J connectivity index is 2.06. The molecular formula is C8H8ClN5OS. The Bertz CT molecular complexity index is 463. The van der Waals surface area contributed by atoms with Crippen LogP contribution >= 0.6 is 22.9 Å². The van der Waals surface area contributed by atoms with E-state index in [0.717, 1.165) is 4.88 Å². The van der Waals surface area contributed by atoms with Crippen LogP contribution < -0.4 is 10.1 Å². The van der Waals surface area contributed by atoms with Gasteiger partial charge in [-0.25, -0.2) is 0 Å². The van der Waals surface area contributed by atoms with Gasteiger partial charge in [-0.1, -0.05) is 0 Å². The number of methoxy groups -OCH3 is 1. The molecule has 8 heteroatoms. The first-order valence-corrected chi connectivity index (χ1v) is 5.60. The number of nitrogens with zero attached hydrogens (tertiary/aromatic N) is 4. The highest BCUT2D eigenvalue weighted by Gasteiger charge is 2.04. The smallest absolute Gasteiger partial charge is 0.322 e. The van der Waals surface area contributed by atoms with Crippen LogP contribution in [0, 0.1) is 0 Å². The highest BCUT2D eigenvalue weighted by molar-refractivity contribution is 7.09. The van der Waals surface area contributed by atoms with Gasteiger partial charge in [0.1, 0.15) is 0 Å². The Labute approximate surface area is 101 Å². The van der Waals surface area contributed by atoms with Gasteiger partial charge >= 0.3 is 6.01 Å². The molecule has 2 aromatic rings. The van der Waals surface area contributed by atoms with Crippen molar-refractivity contribution in [2.45, 2.75) is 6.54 Å². The molecule has 0 radical (unpaired) electrons. The maximum atomic E-state index is 5.70. The van der Waals surface area contributed by atoms with E-state index in [9.17, 15) is 0 Å². The molecule has 6 nitrogen and oxygen atoms in total. The molecule has 2 heterocycles. The average Bonchev–Trinajstić information content (AvgIpc) is 2.78. The van der Waals surface area contributed by atoms with Crippen LogP contribution in [0.3, 0.4) is 0 Å². The largest absolute Gasteiger partial charge is 0.467 e. The van der Waals surface area contributed by atoms with Crippen molar-refractivity contribution in [2.75, 3.05) is 12.4 Å². The second kappa shape index (κ2) is 5.04. The minimum Gasteiger partial charge on any atom is -0.467 e. The highest BCUT2D eigenvalue weighted by atomic mass is 35.5. The summed E-state index contributed by atoms with van der Waals surface area (Å²) in [6, 6.07) is 0.187. The first-order valence-electron chi connectivity index (χ1n) is 4.35. The van der Waals surface area contributed by atoms with Crippen molar-refractivity contribution in [3.05, 3.63) is 21.9 Å². The molecule has 0 amide bonds. The number of halogens is 1. The van der Waals surface area contributed by atoms with Crippen LogP contribution in [-0.4, -0.2) is 27.0 Å². The summed E-state index contributed by atoms with van der Waals surface area (Å²) < 4.78 is 4.88. The lowest BCUT2D eigenvalue weighted by Crippen LogP contribution is -2.05. The zero-order valence-electron chi connectivity index (χ0n) is 8.35. The van der Waals surface area contributed by atoms with E-state index in [1.54, 1.807) is 23.0 Å². The summed E-state index contributed by atoms with van der Waals surface area (Å²) in [4.78, 5) is 16.7. The summed E-state index contributed by atoms with van der Waals surface area (Å²) in [6.45, 7) is 0.591. The van der Waals surface area contributed by atoms with Crippen LogP contribution in [0.25, 0.3) is 0 Å². The summed E-state index contributed by atoms with van der Waals surface area (Å²) in [5.41, 5.74) is 1.76. The number of aromatic nitrogens is 4. The van der Waals surface area contributed by atoms with Crippen molar-refractivity contribution in [2.24, 2.45) is 0 Å². The van der Waals surface area contributed by atoms with Gasteiger partial charge in [-0.3, -0.25) is 4.98 Å². The van der Waals surface area contributed by atoms with Crippen molar-refractivity contribution < 1.29 is 4.74 Å². The summed E-state index contributed by atoms with van der Waals surface area (Å²) in [6.07, 6.45) is 1.78. The van der Waals surface area contributed by atoms with Crippen molar-refractivity contribution in [1.82, 2.24) is 19.9 Å². The van der Waals surface area contributed by atoms with Crippen LogP contribution in [0.1, 0.15) is 4.88 Å². The van der Waals surface area contributed by atoms with Gasteiger partial charge in [-0.15, -0.1) is 11.3 Å². The Morgan fingerprint density at radius 3 is 3.00 bits per heavy atom. The number of hydrogen-bond acceptors (Lipinski definition) is 7. The van der Waals surface area contributed by atoms with E-state index in [4.69, 9.17) is 16.3 Å². The molecule has 0 aliphatic carbocycles. The number of anilines is 1. The monoisotopic (exact) mass is 257 g/mol. The molecule has 2 rings (SSSR count). The fraction of sp³-hybridized carbons (Fsp3) is 0.250. The molecule has 0 aromatic carbocycles. The zero-order chi connectivity index (χ0) is 11.4. The maximum absolute atomic E-state index is 5.70. The summed E-state index contributed by atoms with van der Waals surface area (Å²) in [7, 11) is 1.47. The molecule has 0 unspecified atom stereocenters. The van der Waals surface area contributed by atoms with Gasteiger partial charge in [0, 0.05) is 11.1 Å². The van der Waals surface area contributed by atoms with Crippen LogP contribution in [-0.2, 0) is 6.54 Å². The Hall–Kier alpha value is -1.47. The van der Waals surface area contributed by atoms with E-state index >= 15 is 0 Å². The molecule has 0 saturated heterocycles. The second-order valence-electron chi connectivity index (χ2n) is 2.74. The van der Waals surface area contributed by atoms with E-state index in [0.29, 0.717) is 12.5 Å². The molecule has 84 valence electrons. The van der Waals surface area contributed by atoms with Gasteiger partial charge in [-0.05, 0) is 11.6 Å². The highest BCUT2D eigenvalue weighted by Crippen LogP contribution is 2.12. The zero-order valence-corrected chi connectivity index (χ0v) is 9.92. The Morgan fingerprint density at radius 1 is 1.44 bits per heavy atom. The first-order chi connectivity index (χ1) is 7.78. The normalized spacial score (nSPS) is 10.1. The number of hydrogen-bond donors (Lipinski definition) is 1. The van der Waals surface area contributed by atoms with E-state index < -0.39 is 0 Å². The van der Waals surface area contributed by atoms with Gasteiger partial charge in [0.05, 0.1) is 19.2 Å². The third-order valence-corrected chi connectivity index (χ3v) is 2.62. The van der Waals surface area contributed by atoms with E-state index in [1.807, 2.05) is 0 Å². The van der Waals surface area contributed by atoms with Crippen LogP contribution in [0.5, 0.6) is 6.01 Å². The molecule has 1 N–H and O–H groups in total. The number of nitrogens with one attached hydrogen (secondary N) is 1. The lowest BCUT2D eigenvalue weighted by Gasteiger charge is -2.04. The van der Waals surface area contributed by atoms with Crippen molar-refractivity contribution in [3.8, 4) is 6.01 Å². The van der Waals surface area contributed by atoms with Gasteiger partial charge < -0.3 is 10.1 Å². The SMILES string of the molecule is COc1nc(Cl)nc(NCc2cncs2)n1. The standard InChI is InChI=1S/C8H8ClN5OS/c1-15-8-13-6(9)12-7(14-8)11-3-5-2-10-4-16-5/h2,4H,3H2,1H3,(H,11,12,13,14). The average molecular weight is 258 g/mol.